The van der Waals surface area contributed by atoms with Crippen LogP contribution in [0.5, 0.6) is 0 Å². The van der Waals surface area contributed by atoms with Gasteiger partial charge in [0.2, 0.25) is 6.17 Å². The summed E-state index contributed by atoms with van der Waals surface area (Å²) >= 11 is 18.0. The van der Waals surface area contributed by atoms with Crippen molar-refractivity contribution in [2.75, 3.05) is 13.2 Å². The first-order valence-corrected chi connectivity index (χ1v) is 8.39. The van der Waals surface area contributed by atoms with Gasteiger partial charge in [-0.1, -0.05) is 52.5 Å². The predicted octanol–water partition coefficient (Wildman–Crippen LogP) is 2.16. The molecule has 0 aliphatic carbocycles. The van der Waals surface area contributed by atoms with Crippen molar-refractivity contribution in [1.82, 2.24) is 5.32 Å². The number of ether oxygens (including phenoxy) is 1. The largest absolute Gasteiger partial charge is 0.372 e. The first-order chi connectivity index (χ1) is 10.4. The van der Waals surface area contributed by atoms with Crippen molar-refractivity contribution < 1.29 is 14.8 Å². The molecule has 1 amide bonds. The lowest BCUT2D eigenvalue weighted by Gasteiger charge is -2.24. The maximum absolute atomic E-state index is 12.3. The molecule has 1 aromatic rings. The fraction of sp³-hybridized carbons (Fsp3) is 0.533. The van der Waals surface area contributed by atoms with Gasteiger partial charge in [-0.2, -0.15) is 0 Å². The predicted molar refractivity (Wildman–Crippen MR) is 88.5 cm³/mol. The SMILES string of the molecule is Cc1cccc(C(=O)N[C@@H]([NH2+]C[C@H]2CCCO2)C(Cl)(Cl)Cl)c1. The molecule has 1 saturated heterocycles. The average Bonchev–Trinajstić information content (AvgIpc) is 2.95. The number of halogens is 3. The van der Waals surface area contributed by atoms with E-state index in [1.54, 1.807) is 12.1 Å². The highest BCUT2D eigenvalue weighted by atomic mass is 35.6. The van der Waals surface area contributed by atoms with Gasteiger partial charge >= 0.3 is 0 Å². The molecule has 1 aromatic carbocycles. The van der Waals surface area contributed by atoms with Gasteiger partial charge in [0, 0.05) is 12.2 Å². The summed E-state index contributed by atoms with van der Waals surface area (Å²) in [6.07, 6.45) is 1.52. The van der Waals surface area contributed by atoms with Crippen LogP contribution in [0.4, 0.5) is 0 Å². The Labute approximate surface area is 145 Å². The van der Waals surface area contributed by atoms with Crippen molar-refractivity contribution in [1.29, 1.82) is 0 Å². The third-order valence-corrected chi connectivity index (χ3v) is 4.28. The molecule has 0 aromatic heterocycles. The second kappa shape index (κ2) is 7.84. The molecule has 1 aliphatic heterocycles. The van der Waals surface area contributed by atoms with Crippen molar-refractivity contribution in [2.24, 2.45) is 0 Å². The quantitative estimate of drug-likeness (QED) is 0.620. The first kappa shape index (κ1) is 17.8. The molecule has 22 heavy (non-hydrogen) atoms. The number of alkyl halides is 3. The number of hydrogen-bond donors (Lipinski definition) is 2. The molecule has 2 atom stereocenters. The van der Waals surface area contributed by atoms with E-state index >= 15 is 0 Å². The Kier molecular flexibility index (Phi) is 6.36. The molecule has 1 heterocycles. The van der Waals surface area contributed by atoms with Gasteiger partial charge in [0.05, 0.1) is 0 Å². The zero-order valence-corrected chi connectivity index (χ0v) is 14.6. The molecule has 0 saturated carbocycles. The lowest BCUT2D eigenvalue weighted by atomic mass is 10.1. The van der Waals surface area contributed by atoms with Crippen molar-refractivity contribution in [3.05, 3.63) is 35.4 Å². The van der Waals surface area contributed by atoms with Gasteiger partial charge in [-0.3, -0.25) is 10.1 Å². The third kappa shape index (κ3) is 5.28. The smallest absolute Gasteiger partial charge is 0.262 e. The van der Waals surface area contributed by atoms with Gasteiger partial charge in [0.15, 0.2) is 0 Å². The highest BCUT2D eigenvalue weighted by Crippen LogP contribution is 2.27. The number of aryl methyl sites for hydroxylation is 1. The molecule has 0 bridgehead atoms. The van der Waals surface area contributed by atoms with Crippen LogP contribution in [0.25, 0.3) is 0 Å². The van der Waals surface area contributed by atoms with E-state index in [1.807, 2.05) is 24.4 Å². The van der Waals surface area contributed by atoms with E-state index in [2.05, 4.69) is 5.32 Å². The Morgan fingerprint density at radius 1 is 1.50 bits per heavy atom. The maximum Gasteiger partial charge on any atom is 0.262 e. The Bertz CT molecular complexity index is 514. The molecular weight excluding hydrogens is 347 g/mol. The molecule has 122 valence electrons. The minimum atomic E-state index is -1.60. The van der Waals surface area contributed by atoms with Gasteiger partial charge in [-0.25, -0.2) is 0 Å². The summed E-state index contributed by atoms with van der Waals surface area (Å²) < 4.78 is 3.95. The summed E-state index contributed by atoms with van der Waals surface area (Å²) in [5, 5.41) is 4.59. The van der Waals surface area contributed by atoms with Gasteiger partial charge in [0.1, 0.15) is 12.6 Å². The molecule has 2 rings (SSSR count). The van der Waals surface area contributed by atoms with Gasteiger partial charge < -0.3 is 10.1 Å². The average molecular weight is 367 g/mol. The van der Waals surface area contributed by atoms with E-state index in [1.165, 1.54) is 0 Å². The van der Waals surface area contributed by atoms with Crippen LogP contribution in [0, 0.1) is 6.92 Å². The summed E-state index contributed by atoms with van der Waals surface area (Å²) in [4.78, 5) is 12.3. The second-order valence-corrected chi connectivity index (χ2v) is 7.84. The van der Waals surface area contributed by atoms with Gasteiger partial charge in [-0.05, 0) is 31.9 Å². The summed E-state index contributed by atoms with van der Waals surface area (Å²) in [6.45, 7) is 3.34. The summed E-state index contributed by atoms with van der Waals surface area (Å²) in [5.41, 5.74) is 1.55. The highest BCUT2D eigenvalue weighted by molar-refractivity contribution is 6.68. The highest BCUT2D eigenvalue weighted by Gasteiger charge is 2.38. The van der Waals surface area contributed by atoms with Crippen LogP contribution < -0.4 is 10.6 Å². The minimum absolute atomic E-state index is 0.144. The molecule has 1 fully saturated rings. The number of quaternary nitrogens is 1. The van der Waals surface area contributed by atoms with Crippen LogP contribution in [0.3, 0.4) is 0 Å². The third-order valence-electron chi connectivity index (χ3n) is 3.58. The monoisotopic (exact) mass is 365 g/mol. The van der Waals surface area contributed by atoms with Crippen LogP contribution >= 0.6 is 34.8 Å². The van der Waals surface area contributed by atoms with Crippen LogP contribution in [-0.4, -0.2) is 35.1 Å². The van der Waals surface area contributed by atoms with E-state index in [0.717, 1.165) is 25.0 Å². The fourth-order valence-corrected chi connectivity index (χ4v) is 2.83. The number of hydrogen-bond acceptors (Lipinski definition) is 2. The molecular formula is C15H20Cl3N2O2+. The van der Waals surface area contributed by atoms with E-state index < -0.39 is 9.96 Å². The maximum atomic E-state index is 12.3. The zero-order chi connectivity index (χ0) is 16.2. The van der Waals surface area contributed by atoms with Crippen molar-refractivity contribution in [3.63, 3.8) is 0 Å². The Morgan fingerprint density at radius 3 is 2.86 bits per heavy atom. The zero-order valence-electron chi connectivity index (χ0n) is 12.3. The van der Waals surface area contributed by atoms with E-state index in [-0.39, 0.29) is 12.0 Å². The molecule has 0 spiro atoms. The van der Waals surface area contributed by atoms with Crippen LogP contribution in [0.2, 0.25) is 0 Å². The molecule has 4 nitrogen and oxygen atoms in total. The molecule has 7 heteroatoms. The van der Waals surface area contributed by atoms with Crippen LogP contribution in [-0.2, 0) is 4.74 Å². The van der Waals surface area contributed by atoms with E-state index in [9.17, 15) is 4.79 Å². The fourth-order valence-electron chi connectivity index (χ4n) is 2.40. The topological polar surface area (TPSA) is 54.9 Å². The number of rotatable bonds is 5. The number of carbonyl (C=O) groups excluding carboxylic acids is 1. The summed E-state index contributed by atoms with van der Waals surface area (Å²) in [7, 11) is 0. The normalized spacial score (nSPS) is 19.9. The van der Waals surface area contributed by atoms with Crippen molar-refractivity contribution in [3.8, 4) is 0 Å². The molecule has 3 N–H and O–H groups in total. The lowest BCUT2D eigenvalue weighted by molar-refractivity contribution is -0.697. The Morgan fingerprint density at radius 2 is 2.27 bits per heavy atom. The molecule has 0 radical (unpaired) electrons. The minimum Gasteiger partial charge on any atom is -0.372 e. The number of benzene rings is 1. The Balaban J connectivity index is 1.98. The number of carbonyl (C=O) groups is 1. The van der Waals surface area contributed by atoms with Crippen LogP contribution in [0.15, 0.2) is 24.3 Å². The second-order valence-electron chi connectivity index (χ2n) is 5.47. The van der Waals surface area contributed by atoms with Gasteiger partial charge in [0.25, 0.3) is 9.70 Å². The standard InChI is InChI=1S/C15H19Cl3N2O2/c1-10-4-2-5-11(8-10)13(21)20-14(15(16,17)18)19-9-12-6-3-7-22-12/h2,4-5,8,12,14,19H,3,6-7,9H2,1H3,(H,20,21)/p+1/t12-,14-/m1/s1. The Hall–Kier alpha value is -0.520. The number of nitrogens with one attached hydrogen (secondary N) is 1. The lowest BCUT2D eigenvalue weighted by Crippen LogP contribution is -2.97. The van der Waals surface area contributed by atoms with E-state index in [0.29, 0.717) is 12.1 Å². The van der Waals surface area contributed by atoms with Gasteiger partial charge in [-0.15, -0.1) is 0 Å². The summed E-state index contributed by atoms with van der Waals surface area (Å²) in [6, 6.07) is 7.28. The molecule has 1 aliphatic rings. The first-order valence-electron chi connectivity index (χ1n) is 7.25. The summed E-state index contributed by atoms with van der Waals surface area (Å²) in [5.74, 6) is -0.261. The van der Waals surface area contributed by atoms with Crippen molar-refractivity contribution in [2.45, 2.75) is 35.8 Å². The number of amides is 1. The molecule has 0 unspecified atom stereocenters. The number of nitrogens with two attached hydrogens (primary N) is 1. The van der Waals surface area contributed by atoms with Crippen LogP contribution in [0.1, 0.15) is 28.8 Å². The van der Waals surface area contributed by atoms with Crippen molar-refractivity contribution >= 4 is 40.7 Å². The van der Waals surface area contributed by atoms with E-state index in [4.69, 9.17) is 39.5 Å².